The summed E-state index contributed by atoms with van der Waals surface area (Å²) in [5.41, 5.74) is 1.34. The predicted octanol–water partition coefficient (Wildman–Crippen LogP) is 4.23. The van der Waals surface area contributed by atoms with Crippen LogP contribution in [0.2, 0.25) is 0 Å². The van der Waals surface area contributed by atoms with Crippen LogP contribution in [0.25, 0.3) is 10.2 Å². The van der Waals surface area contributed by atoms with Crippen molar-refractivity contribution in [2.45, 2.75) is 70.3 Å². The zero-order valence-electron chi connectivity index (χ0n) is 15.9. The third-order valence-electron chi connectivity index (χ3n) is 4.78. The van der Waals surface area contributed by atoms with Crippen molar-refractivity contribution in [1.29, 1.82) is 0 Å². The molecule has 0 aromatic carbocycles. The molecule has 0 bridgehead atoms. The number of aryl methyl sites for hydroxylation is 2. The molecule has 1 aliphatic carbocycles. The first kappa shape index (κ1) is 18.7. The minimum atomic E-state index is 0.0930. The SMILES string of the molecule is CCn1c(SCc2nc(CC(C)C)no2)nc2sc3c(c2c1=O)CCCC3. The lowest BCUT2D eigenvalue weighted by Crippen LogP contribution is -2.23. The fourth-order valence-corrected chi connectivity index (χ4v) is 5.74. The Bertz CT molecular complexity index is 1020. The van der Waals surface area contributed by atoms with Gasteiger partial charge in [-0.1, -0.05) is 30.8 Å². The molecule has 0 radical (unpaired) electrons. The monoisotopic (exact) mass is 404 g/mol. The highest BCUT2D eigenvalue weighted by molar-refractivity contribution is 7.98. The van der Waals surface area contributed by atoms with Crippen LogP contribution in [0.3, 0.4) is 0 Å². The number of thiophene rings is 1. The van der Waals surface area contributed by atoms with Gasteiger partial charge in [-0.2, -0.15) is 4.98 Å². The van der Waals surface area contributed by atoms with Gasteiger partial charge in [-0.25, -0.2) is 4.98 Å². The average molecular weight is 405 g/mol. The molecule has 3 aromatic rings. The molecular weight excluding hydrogens is 380 g/mol. The van der Waals surface area contributed by atoms with Crippen LogP contribution in [0.4, 0.5) is 0 Å². The summed E-state index contributed by atoms with van der Waals surface area (Å²) in [4.78, 5) is 24.6. The lowest BCUT2D eigenvalue weighted by Gasteiger charge is -2.11. The van der Waals surface area contributed by atoms with Gasteiger partial charge in [0.2, 0.25) is 5.89 Å². The van der Waals surface area contributed by atoms with Crippen molar-refractivity contribution in [3.05, 3.63) is 32.5 Å². The summed E-state index contributed by atoms with van der Waals surface area (Å²) < 4.78 is 7.13. The van der Waals surface area contributed by atoms with Gasteiger partial charge in [-0.3, -0.25) is 9.36 Å². The number of hydrogen-bond donors (Lipinski definition) is 0. The van der Waals surface area contributed by atoms with Crippen molar-refractivity contribution in [3.63, 3.8) is 0 Å². The molecule has 0 saturated heterocycles. The van der Waals surface area contributed by atoms with Gasteiger partial charge >= 0.3 is 0 Å². The van der Waals surface area contributed by atoms with Crippen molar-refractivity contribution in [2.75, 3.05) is 0 Å². The molecule has 0 saturated carbocycles. The zero-order valence-corrected chi connectivity index (χ0v) is 17.6. The van der Waals surface area contributed by atoms with E-state index in [0.29, 0.717) is 24.1 Å². The quantitative estimate of drug-likeness (QED) is 0.452. The largest absolute Gasteiger partial charge is 0.338 e. The molecule has 8 heteroatoms. The van der Waals surface area contributed by atoms with Gasteiger partial charge in [0.05, 0.1) is 11.1 Å². The first-order chi connectivity index (χ1) is 13.1. The van der Waals surface area contributed by atoms with Gasteiger partial charge in [-0.15, -0.1) is 11.3 Å². The smallest absolute Gasteiger partial charge is 0.263 e. The van der Waals surface area contributed by atoms with E-state index in [1.807, 2.05) is 6.92 Å². The number of hydrogen-bond acceptors (Lipinski definition) is 7. The molecule has 4 rings (SSSR count). The number of fused-ring (bicyclic) bond motifs is 3. The number of thioether (sulfide) groups is 1. The Morgan fingerprint density at radius 3 is 2.85 bits per heavy atom. The Morgan fingerprint density at radius 1 is 1.26 bits per heavy atom. The summed E-state index contributed by atoms with van der Waals surface area (Å²) in [6, 6.07) is 0. The first-order valence-corrected chi connectivity index (χ1v) is 11.4. The molecule has 0 spiro atoms. The molecular formula is C19H24N4O2S2. The van der Waals surface area contributed by atoms with Gasteiger partial charge in [0.1, 0.15) is 4.83 Å². The van der Waals surface area contributed by atoms with E-state index < -0.39 is 0 Å². The molecule has 0 unspecified atom stereocenters. The Kier molecular flexibility index (Phi) is 5.36. The van der Waals surface area contributed by atoms with E-state index in [2.05, 4.69) is 24.0 Å². The topological polar surface area (TPSA) is 73.8 Å². The molecule has 0 amide bonds. The van der Waals surface area contributed by atoms with Crippen LogP contribution in [0.15, 0.2) is 14.5 Å². The second-order valence-electron chi connectivity index (χ2n) is 7.33. The van der Waals surface area contributed by atoms with Crippen molar-refractivity contribution >= 4 is 33.3 Å². The number of aromatic nitrogens is 4. The fourth-order valence-electron chi connectivity index (χ4n) is 3.53. The lowest BCUT2D eigenvalue weighted by molar-refractivity contribution is 0.382. The van der Waals surface area contributed by atoms with Crippen LogP contribution < -0.4 is 5.56 Å². The minimum absolute atomic E-state index is 0.0930. The maximum Gasteiger partial charge on any atom is 0.263 e. The van der Waals surface area contributed by atoms with E-state index in [4.69, 9.17) is 9.51 Å². The van der Waals surface area contributed by atoms with E-state index in [-0.39, 0.29) is 5.56 Å². The van der Waals surface area contributed by atoms with Crippen LogP contribution in [-0.2, 0) is 31.6 Å². The van der Waals surface area contributed by atoms with Gasteiger partial charge < -0.3 is 4.52 Å². The molecule has 27 heavy (non-hydrogen) atoms. The molecule has 6 nitrogen and oxygen atoms in total. The van der Waals surface area contributed by atoms with Crippen LogP contribution in [-0.4, -0.2) is 19.7 Å². The van der Waals surface area contributed by atoms with Crippen molar-refractivity contribution in [2.24, 2.45) is 5.92 Å². The van der Waals surface area contributed by atoms with E-state index >= 15 is 0 Å². The highest BCUT2D eigenvalue weighted by Crippen LogP contribution is 2.35. The molecule has 1 aliphatic rings. The van der Waals surface area contributed by atoms with Gasteiger partial charge in [-0.05, 0) is 44.1 Å². The number of rotatable bonds is 6. The molecule has 0 atom stereocenters. The second-order valence-corrected chi connectivity index (χ2v) is 9.35. The Morgan fingerprint density at radius 2 is 2.07 bits per heavy atom. The maximum absolute atomic E-state index is 13.1. The second kappa shape index (κ2) is 7.75. The van der Waals surface area contributed by atoms with Crippen molar-refractivity contribution in [1.82, 2.24) is 19.7 Å². The summed E-state index contributed by atoms with van der Waals surface area (Å²) in [6.07, 6.45) is 5.25. The van der Waals surface area contributed by atoms with Crippen LogP contribution in [0.5, 0.6) is 0 Å². The third kappa shape index (κ3) is 3.69. The van der Waals surface area contributed by atoms with E-state index in [9.17, 15) is 4.79 Å². The predicted molar refractivity (Wildman–Crippen MR) is 109 cm³/mol. The van der Waals surface area contributed by atoms with Gasteiger partial charge in [0.25, 0.3) is 5.56 Å². The summed E-state index contributed by atoms with van der Waals surface area (Å²) in [5, 5.41) is 5.62. The van der Waals surface area contributed by atoms with Crippen LogP contribution in [0, 0.1) is 5.92 Å². The van der Waals surface area contributed by atoms with Gasteiger partial charge in [0, 0.05) is 17.8 Å². The Balaban J connectivity index is 1.63. The fraction of sp³-hybridized carbons (Fsp3) is 0.579. The summed E-state index contributed by atoms with van der Waals surface area (Å²) in [5.74, 6) is 2.33. The van der Waals surface area contributed by atoms with Crippen molar-refractivity contribution < 1.29 is 4.52 Å². The van der Waals surface area contributed by atoms with Crippen molar-refractivity contribution in [3.8, 4) is 0 Å². The highest BCUT2D eigenvalue weighted by Gasteiger charge is 2.22. The van der Waals surface area contributed by atoms with E-state index in [1.165, 1.54) is 28.6 Å². The van der Waals surface area contributed by atoms with Crippen LogP contribution in [0.1, 0.15) is 55.8 Å². The highest BCUT2D eigenvalue weighted by atomic mass is 32.2. The maximum atomic E-state index is 13.1. The molecule has 0 fully saturated rings. The first-order valence-electron chi connectivity index (χ1n) is 9.56. The third-order valence-corrected chi connectivity index (χ3v) is 6.93. The molecule has 0 aliphatic heterocycles. The molecule has 0 N–H and O–H groups in total. The summed E-state index contributed by atoms with van der Waals surface area (Å²) >= 11 is 3.18. The Labute approximate surface area is 166 Å². The zero-order chi connectivity index (χ0) is 19.0. The van der Waals surface area contributed by atoms with Gasteiger partial charge in [0.15, 0.2) is 11.0 Å². The Hall–Kier alpha value is -1.67. The summed E-state index contributed by atoms with van der Waals surface area (Å²) in [6.45, 7) is 6.86. The number of nitrogens with zero attached hydrogens (tertiary/aromatic N) is 4. The summed E-state index contributed by atoms with van der Waals surface area (Å²) in [7, 11) is 0. The lowest BCUT2D eigenvalue weighted by atomic mass is 9.97. The van der Waals surface area contributed by atoms with Crippen LogP contribution >= 0.6 is 23.1 Å². The minimum Gasteiger partial charge on any atom is -0.338 e. The molecule has 3 aromatic heterocycles. The van der Waals surface area contributed by atoms with E-state index in [0.717, 1.165) is 46.9 Å². The van der Waals surface area contributed by atoms with E-state index in [1.54, 1.807) is 15.9 Å². The standard InChI is InChI=1S/C19H24N4O2S2/c1-4-23-18(24)16-12-7-5-6-8-13(12)27-17(16)21-19(23)26-10-15-20-14(22-25-15)9-11(2)3/h11H,4-10H2,1-3H3. The molecule has 144 valence electrons. The molecule has 3 heterocycles. The normalized spacial score (nSPS) is 14.2. The average Bonchev–Trinajstić information content (AvgIpc) is 3.23.